The number of primary sulfonamides is 1. The van der Waals surface area contributed by atoms with Gasteiger partial charge in [0.15, 0.2) is 0 Å². The maximum Gasteiger partial charge on any atom is 0.326 e. The predicted octanol–water partition coefficient (Wildman–Crippen LogP) is 1.50. The lowest BCUT2D eigenvalue weighted by Gasteiger charge is -2.33. The van der Waals surface area contributed by atoms with E-state index in [2.05, 4.69) is 0 Å². The Morgan fingerprint density at radius 2 is 1.92 bits per heavy atom. The van der Waals surface area contributed by atoms with Gasteiger partial charge in [0.25, 0.3) is 5.91 Å². The molecule has 0 bridgehead atoms. The summed E-state index contributed by atoms with van der Waals surface area (Å²) in [4.78, 5) is 26.1. The fourth-order valence-corrected chi connectivity index (χ4v) is 4.99. The number of likely N-dealkylation sites (tertiary alicyclic amines) is 1. The Bertz CT molecular complexity index is 820. The SMILES string of the molecule is Cc1cc(C(=O)N2[C@@H]3CCCC[C@H]3C[C@H]2C(=O)O)ccc1S(N)(=O)=O. The van der Waals surface area contributed by atoms with Crippen molar-refractivity contribution >= 4 is 21.9 Å². The fraction of sp³-hybridized carbons (Fsp3) is 0.529. The third-order valence-corrected chi connectivity index (χ3v) is 6.41. The van der Waals surface area contributed by atoms with Crippen molar-refractivity contribution in [1.29, 1.82) is 0 Å². The lowest BCUT2D eigenvalue weighted by molar-refractivity contribution is -0.141. The Kier molecular flexibility index (Phi) is 4.59. The first kappa shape index (κ1) is 17.9. The van der Waals surface area contributed by atoms with Crippen LogP contribution < -0.4 is 5.14 Å². The highest BCUT2D eigenvalue weighted by Gasteiger charge is 2.47. The number of fused-ring (bicyclic) bond motifs is 1. The summed E-state index contributed by atoms with van der Waals surface area (Å²) in [6.45, 7) is 1.57. The second kappa shape index (κ2) is 6.42. The lowest BCUT2D eigenvalue weighted by Crippen LogP contribution is -2.46. The summed E-state index contributed by atoms with van der Waals surface area (Å²) in [7, 11) is -3.86. The molecule has 1 saturated heterocycles. The number of benzene rings is 1. The van der Waals surface area contributed by atoms with Crippen LogP contribution in [0.15, 0.2) is 23.1 Å². The number of carbonyl (C=O) groups excluding carboxylic acids is 1. The first-order valence-corrected chi connectivity index (χ1v) is 9.93. The number of carbonyl (C=O) groups is 2. The molecular formula is C17H22N2O5S. The molecule has 1 aliphatic carbocycles. The normalized spacial score (nSPS) is 26.3. The highest BCUT2D eigenvalue weighted by Crippen LogP contribution is 2.40. The van der Waals surface area contributed by atoms with Crippen molar-refractivity contribution in [2.24, 2.45) is 11.1 Å². The van der Waals surface area contributed by atoms with Crippen molar-refractivity contribution in [3.8, 4) is 0 Å². The van der Waals surface area contributed by atoms with Gasteiger partial charge in [-0.25, -0.2) is 18.4 Å². The highest BCUT2D eigenvalue weighted by atomic mass is 32.2. The Morgan fingerprint density at radius 3 is 2.52 bits per heavy atom. The maximum absolute atomic E-state index is 13.0. The molecule has 25 heavy (non-hydrogen) atoms. The van der Waals surface area contributed by atoms with Gasteiger partial charge in [-0.15, -0.1) is 0 Å². The molecule has 1 amide bonds. The number of aryl methyl sites for hydroxylation is 1. The maximum atomic E-state index is 13.0. The van der Waals surface area contributed by atoms with Gasteiger partial charge in [0.1, 0.15) is 6.04 Å². The summed E-state index contributed by atoms with van der Waals surface area (Å²) in [6, 6.07) is 3.31. The molecule has 136 valence electrons. The average molecular weight is 366 g/mol. The highest BCUT2D eigenvalue weighted by molar-refractivity contribution is 7.89. The Balaban J connectivity index is 1.95. The van der Waals surface area contributed by atoms with Crippen LogP contribution >= 0.6 is 0 Å². The van der Waals surface area contributed by atoms with E-state index in [0.717, 1.165) is 25.7 Å². The van der Waals surface area contributed by atoms with E-state index >= 15 is 0 Å². The van der Waals surface area contributed by atoms with E-state index in [1.807, 2.05) is 0 Å². The number of carboxylic acids is 1. The van der Waals surface area contributed by atoms with E-state index in [4.69, 9.17) is 5.14 Å². The first-order valence-electron chi connectivity index (χ1n) is 8.39. The minimum atomic E-state index is -3.86. The first-order chi connectivity index (χ1) is 11.7. The zero-order valence-electron chi connectivity index (χ0n) is 14.0. The van der Waals surface area contributed by atoms with Gasteiger partial charge < -0.3 is 10.0 Å². The molecule has 1 aliphatic heterocycles. The van der Waals surface area contributed by atoms with E-state index in [1.54, 1.807) is 6.92 Å². The molecule has 3 atom stereocenters. The van der Waals surface area contributed by atoms with Crippen LogP contribution in [0.3, 0.4) is 0 Å². The van der Waals surface area contributed by atoms with Crippen molar-refractivity contribution in [2.75, 3.05) is 0 Å². The van der Waals surface area contributed by atoms with Gasteiger partial charge in [-0.1, -0.05) is 12.8 Å². The monoisotopic (exact) mass is 366 g/mol. The molecule has 2 aliphatic rings. The van der Waals surface area contributed by atoms with Crippen molar-refractivity contribution < 1.29 is 23.1 Å². The largest absolute Gasteiger partial charge is 0.480 e. The van der Waals surface area contributed by atoms with Gasteiger partial charge in [-0.05, 0) is 55.9 Å². The van der Waals surface area contributed by atoms with E-state index in [-0.39, 0.29) is 22.8 Å². The molecule has 3 rings (SSSR count). The van der Waals surface area contributed by atoms with E-state index in [9.17, 15) is 23.1 Å². The predicted molar refractivity (Wildman–Crippen MR) is 90.5 cm³/mol. The van der Waals surface area contributed by atoms with Crippen molar-refractivity contribution in [2.45, 2.75) is 56.0 Å². The van der Waals surface area contributed by atoms with Gasteiger partial charge in [0.05, 0.1) is 4.90 Å². The number of sulfonamides is 1. The van der Waals surface area contributed by atoms with E-state index in [1.165, 1.54) is 23.1 Å². The van der Waals surface area contributed by atoms with Gasteiger partial charge in [0, 0.05) is 11.6 Å². The molecule has 1 heterocycles. The third kappa shape index (κ3) is 3.28. The van der Waals surface area contributed by atoms with Crippen LogP contribution in [0.5, 0.6) is 0 Å². The third-order valence-electron chi connectivity index (χ3n) is 5.34. The fourth-order valence-electron chi connectivity index (χ4n) is 4.22. The average Bonchev–Trinajstić information content (AvgIpc) is 2.92. The van der Waals surface area contributed by atoms with Crippen molar-refractivity contribution in [3.05, 3.63) is 29.3 Å². The molecule has 1 aromatic carbocycles. The molecule has 3 N–H and O–H groups in total. The van der Waals surface area contributed by atoms with E-state index < -0.39 is 22.0 Å². The zero-order valence-corrected chi connectivity index (χ0v) is 14.8. The second-order valence-corrected chi connectivity index (χ2v) is 8.47. The Labute approximate surface area is 146 Å². The van der Waals surface area contributed by atoms with Crippen LogP contribution in [-0.2, 0) is 14.8 Å². The number of hydrogen-bond acceptors (Lipinski definition) is 4. The van der Waals surface area contributed by atoms with Crippen molar-refractivity contribution in [1.82, 2.24) is 4.90 Å². The number of aliphatic carboxylic acids is 1. The smallest absolute Gasteiger partial charge is 0.326 e. The van der Waals surface area contributed by atoms with Crippen LogP contribution in [0.2, 0.25) is 0 Å². The van der Waals surface area contributed by atoms with Gasteiger partial charge in [0.2, 0.25) is 10.0 Å². The van der Waals surface area contributed by atoms with Gasteiger partial charge in [-0.3, -0.25) is 4.79 Å². The second-order valence-electron chi connectivity index (χ2n) is 6.94. The minimum Gasteiger partial charge on any atom is -0.480 e. The summed E-state index contributed by atoms with van der Waals surface area (Å²) in [5.41, 5.74) is 0.669. The molecule has 8 heteroatoms. The van der Waals surface area contributed by atoms with Crippen molar-refractivity contribution in [3.63, 3.8) is 0 Å². The summed E-state index contributed by atoms with van der Waals surface area (Å²) in [5.74, 6) is -1.12. The van der Waals surface area contributed by atoms with Crippen LogP contribution in [0.25, 0.3) is 0 Å². The van der Waals surface area contributed by atoms with Crippen LogP contribution in [-0.4, -0.2) is 42.4 Å². The van der Waals surface area contributed by atoms with Crippen LogP contribution in [0.1, 0.15) is 48.0 Å². The minimum absolute atomic E-state index is 0.0317. The molecule has 0 unspecified atom stereocenters. The number of nitrogens with two attached hydrogens (primary N) is 1. The molecule has 1 saturated carbocycles. The molecule has 0 aromatic heterocycles. The Morgan fingerprint density at radius 1 is 1.24 bits per heavy atom. The zero-order chi connectivity index (χ0) is 18.4. The number of rotatable bonds is 3. The molecular weight excluding hydrogens is 344 g/mol. The van der Waals surface area contributed by atoms with Crippen LogP contribution in [0, 0.1) is 12.8 Å². The standard InChI is InChI=1S/C17H22N2O5S/c1-10-8-12(6-7-15(10)25(18,23)24)16(20)19-13-5-3-2-4-11(13)9-14(19)17(21)22/h6-8,11,13-14H,2-5,9H2,1H3,(H,21,22)(H2,18,23,24)/t11-,13+,14-/m0/s1. The van der Waals surface area contributed by atoms with Crippen LogP contribution in [0.4, 0.5) is 0 Å². The number of hydrogen-bond donors (Lipinski definition) is 2. The Hall–Kier alpha value is -1.93. The molecule has 1 aromatic rings. The number of nitrogens with zero attached hydrogens (tertiary/aromatic N) is 1. The summed E-state index contributed by atoms with van der Waals surface area (Å²) in [5, 5.41) is 14.7. The molecule has 0 radical (unpaired) electrons. The molecule has 7 nitrogen and oxygen atoms in total. The lowest BCUT2D eigenvalue weighted by atomic mass is 9.84. The van der Waals surface area contributed by atoms with Gasteiger partial charge >= 0.3 is 5.97 Å². The molecule has 2 fully saturated rings. The summed E-state index contributed by atoms with van der Waals surface area (Å²) in [6.07, 6.45) is 4.30. The topological polar surface area (TPSA) is 118 Å². The van der Waals surface area contributed by atoms with Gasteiger partial charge in [-0.2, -0.15) is 0 Å². The number of carboxylic acid groups (broad SMARTS) is 1. The summed E-state index contributed by atoms with van der Waals surface area (Å²) >= 11 is 0. The quantitative estimate of drug-likeness (QED) is 0.840. The number of amides is 1. The van der Waals surface area contributed by atoms with E-state index in [0.29, 0.717) is 17.5 Å². The molecule has 0 spiro atoms. The summed E-state index contributed by atoms with van der Waals surface area (Å²) < 4.78 is 23.0.